The van der Waals surface area contributed by atoms with Crippen LogP contribution in [0.5, 0.6) is 0 Å². The minimum Gasteiger partial charge on any atom is -0.399 e. The molecule has 1 atom stereocenters. The average Bonchev–Trinajstić information content (AvgIpc) is 3.06. The highest BCUT2D eigenvalue weighted by molar-refractivity contribution is 6.62. The lowest BCUT2D eigenvalue weighted by molar-refractivity contribution is -0.127. The van der Waals surface area contributed by atoms with Crippen molar-refractivity contribution >= 4 is 24.2 Å². The van der Waals surface area contributed by atoms with E-state index in [0.717, 1.165) is 48.7 Å². The van der Waals surface area contributed by atoms with Gasteiger partial charge in [-0.05, 0) is 107 Å². The maximum Gasteiger partial charge on any atom is 0.494 e. The van der Waals surface area contributed by atoms with Gasteiger partial charge in [0.25, 0.3) is 0 Å². The molecule has 5 aliphatic rings. The summed E-state index contributed by atoms with van der Waals surface area (Å²) in [5, 5.41) is 0. The summed E-state index contributed by atoms with van der Waals surface area (Å²) < 4.78 is 18.5. The van der Waals surface area contributed by atoms with Gasteiger partial charge in [-0.15, -0.1) is 0 Å². The standard InChI is InChI=1S/C31H46BNO4/c1-28(2)12-7-8-21(11-13-28)22-18-24(19-22)33-26-20-23(32-36-29(3,4)30(5,6)37-32)9-10-25(26)31(27(33)34)14-16-35-17-15-31/h9-10,20-22,24H,7-8,11-19H2,1-6H3. The van der Waals surface area contributed by atoms with Gasteiger partial charge in [-0.3, -0.25) is 4.79 Å². The molecule has 0 N–H and O–H groups in total. The zero-order chi connectivity index (χ0) is 26.2. The Hall–Kier alpha value is -1.37. The molecule has 37 heavy (non-hydrogen) atoms. The van der Waals surface area contributed by atoms with Gasteiger partial charge in [-0.1, -0.05) is 38.8 Å². The summed E-state index contributed by atoms with van der Waals surface area (Å²) in [7, 11) is -0.415. The molecule has 0 bridgehead atoms. The third-order valence-corrected chi connectivity index (χ3v) is 11.1. The zero-order valence-corrected chi connectivity index (χ0v) is 23.9. The first-order chi connectivity index (χ1) is 17.4. The van der Waals surface area contributed by atoms with E-state index in [-0.39, 0.29) is 11.2 Å². The highest BCUT2D eigenvalue weighted by atomic mass is 16.7. The van der Waals surface area contributed by atoms with E-state index >= 15 is 0 Å². The maximum atomic E-state index is 14.2. The minimum atomic E-state index is -0.431. The Balaban J connectivity index is 1.27. The minimum absolute atomic E-state index is 0.308. The molecule has 1 spiro atoms. The van der Waals surface area contributed by atoms with E-state index < -0.39 is 12.5 Å². The van der Waals surface area contributed by atoms with E-state index in [9.17, 15) is 4.79 Å². The van der Waals surface area contributed by atoms with Crippen LogP contribution in [0.25, 0.3) is 0 Å². The summed E-state index contributed by atoms with van der Waals surface area (Å²) in [4.78, 5) is 16.4. The molecule has 1 unspecified atom stereocenters. The molecule has 1 aromatic rings. The van der Waals surface area contributed by atoms with Crippen LogP contribution in [0.2, 0.25) is 0 Å². The average molecular weight is 508 g/mol. The Bertz CT molecular complexity index is 1040. The topological polar surface area (TPSA) is 48.0 Å². The monoisotopic (exact) mass is 507 g/mol. The molecule has 3 aliphatic heterocycles. The Morgan fingerprint density at radius 3 is 2.22 bits per heavy atom. The van der Waals surface area contributed by atoms with Crippen LogP contribution in [0.1, 0.15) is 105 Å². The molecule has 2 saturated heterocycles. The first kappa shape index (κ1) is 25.9. The van der Waals surface area contributed by atoms with Crippen molar-refractivity contribution in [3.63, 3.8) is 0 Å². The first-order valence-electron chi connectivity index (χ1n) is 14.8. The first-order valence-corrected chi connectivity index (χ1v) is 14.8. The van der Waals surface area contributed by atoms with Crippen LogP contribution in [0.4, 0.5) is 5.69 Å². The van der Waals surface area contributed by atoms with Crippen molar-refractivity contribution in [1.29, 1.82) is 0 Å². The molecule has 3 heterocycles. The zero-order valence-electron chi connectivity index (χ0n) is 23.9. The Morgan fingerprint density at radius 2 is 1.54 bits per heavy atom. The lowest BCUT2D eigenvalue weighted by Crippen LogP contribution is -2.52. The number of ether oxygens (including phenoxy) is 1. The van der Waals surface area contributed by atoms with Gasteiger partial charge in [0.1, 0.15) is 0 Å². The molecule has 6 heteroatoms. The molecule has 2 saturated carbocycles. The number of carbonyl (C=O) groups is 1. The van der Waals surface area contributed by atoms with Crippen LogP contribution in [-0.4, -0.2) is 43.5 Å². The van der Waals surface area contributed by atoms with Crippen molar-refractivity contribution in [2.45, 2.75) is 122 Å². The largest absolute Gasteiger partial charge is 0.494 e. The number of benzene rings is 1. The van der Waals surface area contributed by atoms with Gasteiger partial charge < -0.3 is 18.9 Å². The number of amides is 1. The summed E-state index contributed by atoms with van der Waals surface area (Å²) in [6, 6.07) is 6.85. The molecule has 0 aromatic heterocycles. The van der Waals surface area contributed by atoms with Crippen molar-refractivity contribution in [2.24, 2.45) is 17.3 Å². The fraction of sp³-hybridized carbons (Fsp3) is 0.774. The van der Waals surface area contributed by atoms with E-state index in [1.807, 2.05) is 0 Å². The molecule has 202 valence electrons. The molecular formula is C31H46BNO4. The molecular weight excluding hydrogens is 461 g/mol. The summed E-state index contributed by atoms with van der Waals surface area (Å²) in [6.07, 6.45) is 10.6. The molecule has 2 aliphatic carbocycles. The van der Waals surface area contributed by atoms with Gasteiger partial charge >= 0.3 is 7.12 Å². The molecule has 4 fully saturated rings. The van der Waals surface area contributed by atoms with Crippen LogP contribution in [0.15, 0.2) is 18.2 Å². The van der Waals surface area contributed by atoms with Crippen LogP contribution < -0.4 is 10.4 Å². The summed E-state index contributed by atoms with van der Waals surface area (Å²) >= 11 is 0. The maximum absolute atomic E-state index is 14.2. The summed E-state index contributed by atoms with van der Waals surface area (Å²) in [5.41, 5.74) is 2.60. The van der Waals surface area contributed by atoms with Gasteiger partial charge in [0, 0.05) is 24.9 Å². The van der Waals surface area contributed by atoms with Crippen molar-refractivity contribution in [1.82, 2.24) is 0 Å². The highest BCUT2D eigenvalue weighted by Crippen LogP contribution is 2.53. The van der Waals surface area contributed by atoms with Crippen molar-refractivity contribution < 1.29 is 18.8 Å². The van der Waals surface area contributed by atoms with Crippen molar-refractivity contribution in [3.05, 3.63) is 23.8 Å². The van der Waals surface area contributed by atoms with Crippen molar-refractivity contribution in [2.75, 3.05) is 18.1 Å². The number of anilines is 1. The number of hydrogen-bond acceptors (Lipinski definition) is 4. The SMILES string of the molecule is CC1(C)CCCC(C2CC(N3C(=O)C4(CCOCC4)c4ccc(B5OC(C)(C)C(C)(C)O5)cc43)C2)CC1. The predicted molar refractivity (Wildman–Crippen MR) is 148 cm³/mol. The van der Waals surface area contributed by atoms with Crippen LogP contribution in [-0.2, 0) is 24.3 Å². The van der Waals surface area contributed by atoms with Crippen LogP contribution in [0, 0.1) is 17.3 Å². The number of nitrogens with zero attached hydrogens (tertiary/aromatic N) is 1. The van der Waals surface area contributed by atoms with E-state index in [4.69, 9.17) is 14.0 Å². The Morgan fingerprint density at radius 1 is 0.865 bits per heavy atom. The van der Waals surface area contributed by atoms with Crippen LogP contribution >= 0.6 is 0 Å². The number of carbonyl (C=O) groups excluding carboxylic acids is 1. The second kappa shape index (κ2) is 8.82. The van der Waals surface area contributed by atoms with Crippen LogP contribution in [0.3, 0.4) is 0 Å². The molecule has 1 amide bonds. The van der Waals surface area contributed by atoms with Crippen molar-refractivity contribution in [3.8, 4) is 0 Å². The highest BCUT2D eigenvalue weighted by Gasteiger charge is 2.56. The summed E-state index contributed by atoms with van der Waals surface area (Å²) in [5.74, 6) is 1.89. The van der Waals surface area contributed by atoms with Gasteiger partial charge in [0.2, 0.25) is 5.91 Å². The molecule has 1 aromatic carbocycles. The smallest absolute Gasteiger partial charge is 0.399 e. The molecule has 0 radical (unpaired) electrons. The second-order valence-electron chi connectivity index (χ2n) is 14.5. The van der Waals surface area contributed by atoms with Gasteiger partial charge in [-0.25, -0.2) is 0 Å². The number of rotatable bonds is 3. The molecule has 5 nitrogen and oxygen atoms in total. The van der Waals surface area contributed by atoms with Gasteiger partial charge in [0.15, 0.2) is 0 Å². The third kappa shape index (κ3) is 4.21. The number of fused-ring (bicyclic) bond motifs is 2. The van der Waals surface area contributed by atoms with E-state index in [1.54, 1.807) is 0 Å². The number of hydrogen-bond donors (Lipinski definition) is 0. The lowest BCUT2D eigenvalue weighted by atomic mass is 9.69. The fourth-order valence-electron chi connectivity index (χ4n) is 7.68. The Kier molecular flexibility index (Phi) is 6.17. The fourth-order valence-corrected chi connectivity index (χ4v) is 7.68. The van der Waals surface area contributed by atoms with Gasteiger partial charge in [-0.2, -0.15) is 0 Å². The second-order valence-corrected chi connectivity index (χ2v) is 14.5. The lowest BCUT2D eigenvalue weighted by Gasteiger charge is -2.46. The van der Waals surface area contributed by atoms with E-state index in [1.165, 1.54) is 37.7 Å². The molecule has 6 rings (SSSR count). The summed E-state index contributed by atoms with van der Waals surface area (Å²) in [6.45, 7) is 14.6. The third-order valence-electron chi connectivity index (χ3n) is 11.1. The van der Waals surface area contributed by atoms with E-state index in [0.29, 0.717) is 30.6 Å². The Labute approximate surface area is 224 Å². The quantitative estimate of drug-likeness (QED) is 0.385. The predicted octanol–water partition coefficient (Wildman–Crippen LogP) is 5.77. The van der Waals surface area contributed by atoms with E-state index in [2.05, 4.69) is 64.6 Å². The van der Waals surface area contributed by atoms with Gasteiger partial charge in [0.05, 0.1) is 16.6 Å². The normalized spacial score (nSPS) is 33.8.